The smallest absolute Gasteiger partial charge is 0.256 e. The fourth-order valence-corrected chi connectivity index (χ4v) is 2.66. The van der Waals surface area contributed by atoms with Crippen LogP contribution in [0.5, 0.6) is 0 Å². The van der Waals surface area contributed by atoms with Crippen LogP contribution in [0.2, 0.25) is 5.02 Å². The van der Waals surface area contributed by atoms with Crippen LogP contribution in [0.25, 0.3) is 11.6 Å². The van der Waals surface area contributed by atoms with Crippen LogP contribution in [0, 0.1) is 0 Å². The highest BCUT2D eigenvalue weighted by molar-refractivity contribution is 9.10. The molecule has 1 N–H and O–H groups in total. The van der Waals surface area contributed by atoms with Gasteiger partial charge in [0.2, 0.25) is 0 Å². The summed E-state index contributed by atoms with van der Waals surface area (Å²) in [6, 6.07) is 13.2. The van der Waals surface area contributed by atoms with Crippen LogP contribution in [-0.2, 0) is 4.79 Å². The molecule has 1 amide bonds. The first-order valence-corrected chi connectivity index (χ1v) is 6.89. The number of carbonyl (C=O) groups is 1. The molecule has 3 rings (SSSR count). The molecule has 0 aromatic heterocycles. The Bertz CT molecular complexity index is 709. The van der Waals surface area contributed by atoms with Crippen LogP contribution < -0.4 is 5.32 Å². The fraction of sp³-hybridized carbons (Fsp3) is 0. The number of benzene rings is 2. The summed E-state index contributed by atoms with van der Waals surface area (Å²) in [5.41, 5.74) is 3.25. The molecule has 4 heteroatoms. The van der Waals surface area contributed by atoms with Gasteiger partial charge in [-0.15, -0.1) is 0 Å². The average Bonchev–Trinajstić information content (AvgIpc) is 2.66. The number of amides is 1. The van der Waals surface area contributed by atoms with Gasteiger partial charge >= 0.3 is 0 Å². The standard InChI is InChI=1S/C15H9BrClNO/c16-10-3-1-2-9(6-10)7-13-12-8-11(17)4-5-14(12)18-15(13)19/h1-8H,(H,18,19). The van der Waals surface area contributed by atoms with Gasteiger partial charge in [-0.3, -0.25) is 4.79 Å². The first kappa shape index (κ1) is 12.5. The van der Waals surface area contributed by atoms with Gasteiger partial charge in [0.05, 0.1) is 0 Å². The number of rotatable bonds is 1. The lowest BCUT2D eigenvalue weighted by Gasteiger charge is -2.00. The third-order valence-electron chi connectivity index (χ3n) is 2.92. The normalized spacial score (nSPS) is 15.5. The van der Waals surface area contributed by atoms with Crippen molar-refractivity contribution in [3.8, 4) is 0 Å². The van der Waals surface area contributed by atoms with Crippen LogP contribution in [0.3, 0.4) is 0 Å². The third-order valence-corrected chi connectivity index (χ3v) is 3.65. The van der Waals surface area contributed by atoms with Gasteiger partial charge in [0.1, 0.15) is 0 Å². The molecule has 0 unspecified atom stereocenters. The molecule has 0 atom stereocenters. The maximum Gasteiger partial charge on any atom is 0.256 e. The monoisotopic (exact) mass is 333 g/mol. The van der Waals surface area contributed by atoms with Gasteiger partial charge in [0.15, 0.2) is 0 Å². The van der Waals surface area contributed by atoms with E-state index in [0.29, 0.717) is 10.6 Å². The van der Waals surface area contributed by atoms with Crippen molar-refractivity contribution in [2.75, 3.05) is 5.32 Å². The van der Waals surface area contributed by atoms with Crippen molar-refractivity contribution < 1.29 is 4.79 Å². The second kappa shape index (κ2) is 4.83. The quantitative estimate of drug-likeness (QED) is 0.759. The molecular weight excluding hydrogens is 326 g/mol. The molecule has 0 fully saturated rings. The lowest BCUT2D eigenvalue weighted by atomic mass is 10.0. The van der Waals surface area contributed by atoms with Gasteiger partial charge in [-0.1, -0.05) is 39.7 Å². The van der Waals surface area contributed by atoms with E-state index < -0.39 is 0 Å². The maximum absolute atomic E-state index is 12.0. The van der Waals surface area contributed by atoms with Crippen LogP contribution in [0.15, 0.2) is 46.9 Å². The zero-order valence-corrected chi connectivity index (χ0v) is 12.1. The van der Waals surface area contributed by atoms with E-state index in [-0.39, 0.29) is 5.91 Å². The van der Waals surface area contributed by atoms with Crippen LogP contribution in [0.4, 0.5) is 5.69 Å². The van der Waals surface area contributed by atoms with Gasteiger partial charge in [-0.25, -0.2) is 0 Å². The highest BCUT2D eigenvalue weighted by Gasteiger charge is 2.23. The lowest BCUT2D eigenvalue weighted by molar-refractivity contribution is -0.110. The average molecular weight is 335 g/mol. The van der Waals surface area contributed by atoms with E-state index in [1.54, 1.807) is 12.1 Å². The maximum atomic E-state index is 12.0. The second-order valence-electron chi connectivity index (χ2n) is 4.26. The molecule has 1 aliphatic rings. The largest absolute Gasteiger partial charge is 0.321 e. The molecule has 94 valence electrons. The summed E-state index contributed by atoms with van der Waals surface area (Å²) in [5, 5.41) is 3.45. The van der Waals surface area contributed by atoms with E-state index in [1.165, 1.54) is 0 Å². The number of anilines is 1. The number of halogens is 2. The van der Waals surface area contributed by atoms with Gasteiger partial charge in [-0.05, 0) is 42.0 Å². The molecule has 0 saturated heterocycles. The van der Waals surface area contributed by atoms with Crippen molar-refractivity contribution >= 4 is 50.8 Å². The molecule has 0 spiro atoms. The Kier molecular flexibility index (Phi) is 3.17. The number of fused-ring (bicyclic) bond motifs is 1. The Hall–Kier alpha value is -1.58. The molecule has 19 heavy (non-hydrogen) atoms. The van der Waals surface area contributed by atoms with Crippen LogP contribution >= 0.6 is 27.5 Å². The third kappa shape index (κ3) is 2.44. The molecular formula is C15H9BrClNO. The van der Waals surface area contributed by atoms with Crippen molar-refractivity contribution in [1.29, 1.82) is 0 Å². The molecule has 2 nitrogen and oxygen atoms in total. The van der Waals surface area contributed by atoms with Crippen molar-refractivity contribution in [2.45, 2.75) is 0 Å². The summed E-state index contributed by atoms with van der Waals surface area (Å²) in [7, 11) is 0. The van der Waals surface area contributed by atoms with E-state index in [2.05, 4.69) is 21.2 Å². The first-order valence-electron chi connectivity index (χ1n) is 5.72. The zero-order valence-electron chi connectivity index (χ0n) is 9.78. The molecule has 2 aromatic carbocycles. The number of nitrogens with one attached hydrogen (secondary N) is 1. The van der Waals surface area contributed by atoms with Crippen molar-refractivity contribution in [3.63, 3.8) is 0 Å². The molecule has 0 aliphatic carbocycles. The minimum atomic E-state index is -0.0998. The summed E-state index contributed by atoms with van der Waals surface area (Å²) >= 11 is 9.41. The predicted octanol–water partition coefficient (Wildman–Crippen LogP) is 4.60. The number of hydrogen-bond donors (Lipinski definition) is 1. The minimum absolute atomic E-state index is 0.0998. The van der Waals surface area contributed by atoms with Crippen molar-refractivity contribution in [2.24, 2.45) is 0 Å². The van der Waals surface area contributed by atoms with Crippen molar-refractivity contribution in [3.05, 3.63) is 63.1 Å². The van der Waals surface area contributed by atoms with Gasteiger partial charge in [0, 0.05) is 26.3 Å². The van der Waals surface area contributed by atoms with E-state index in [4.69, 9.17) is 11.6 Å². The minimum Gasteiger partial charge on any atom is -0.321 e. The molecule has 1 aliphatic heterocycles. The van der Waals surface area contributed by atoms with Crippen LogP contribution in [-0.4, -0.2) is 5.91 Å². The topological polar surface area (TPSA) is 29.1 Å². The molecule has 1 heterocycles. The molecule has 0 bridgehead atoms. The van der Waals surface area contributed by atoms with E-state index >= 15 is 0 Å². The second-order valence-corrected chi connectivity index (χ2v) is 5.61. The zero-order chi connectivity index (χ0) is 13.4. The molecule has 0 radical (unpaired) electrons. The number of carbonyl (C=O) groups excluding carboxylic acids is 1. The number of hydrogen-bond acceptors (Lipinski definition) is 1. The summed E-state index contributed by atoms with van der Waals surface area (Å²) < 4.78 is 0.978. The van der Waals surface area contributed by atoms with Gasteiger partial charge in [0.25, 0.3) is 5.91 Å². The fourth-order valence-electron chi connectivity index (χ4n) is 2.07. The Labute approximate surface area is 124 Å². The highest BCUT2D eigenvalue weighted by atomic mass is 79.9. The summed E-state index contributed by atoms with van der Waals surface area (Å²) in [6.07, 6.45) is 1.86. The Balaban J connectivity index is 2.11. The Morgan fingerprint density at radius 3 is 2.79 bits per heavy atom. The van der Waals surface area contributed by atoms with E-state index in [0.717, 1.165) is 21.3 Å². The van der Waals surface area contributed by atoms with E-state index in [1.807, 2.05) is 36.4 Å². The lowest BCUT2D eigenvalue weighted by Crippen LogP contribution is -2.03. The summed E-state index contributed by atoms with van der Waals surface area (Å²) in [5.74, 6) is -0.0998. The first-order chi connectivity index (χ1) is 9.13. The SMILES string of the molecule is O=C1Nc2ccc(Cl)cc2C1=Cc1cccc(Br)c1. The van der Waals surface area contributed by atoms with Crippen LogP contribution in [0.1, 0.15) is 11.1 Å². The Morgan fingerprint density at radius 2 is 2.00 bits per heavy atom. The molecule has 2 aromatic rings. The Morgan fingerprint density at radius 1 is 1.16 bits per heavy atom. The summed E-state index contributed by atoms with van der Waals surface area (Å²) in [4.78, 5) is 12.0. The van der Waals surface area contributed by atoms with Gasteiger partial charge in [-0.2, -0.15) is 0 Å². The van der Waals surface area contributed by atoms with Crippen molar-refractivity contribution in [1.82, 2.24) is 0 Å². The predicted molar refractivity (Wildman–Crippen MR) is 82.1 cm³/mol. The summed E-state index contributed by atoms with van der Waals surface area (Å²) in [6.45, 7) is 0. The van der Waals surface area contributed by atoms with Gasteiger partial charge < -0.3 is 5.32 Å². The molecule has 0 saturated carbocycles. The van der Waals surface area contributed by atoms with E-state index in [9.17, 15) is 4.79 Å². The highest BCUT2D eigenvalue weighted by Crippen LogP contribution is 2.35.